The highest BCUT2D eigenvalue weighted by Gasteiger charge is 2.41. The summed E-state index contributed by atoms with van der Waals surface area (Å²) < 4.78 is 11.3. The van der Waals surface area contributed by atoms with Gasteiger partial charge in [-0.15, -0.1) is 0 Å². The molecule has 3 rings (SSSR count). The molecule has 0 bridgehead atoms. The Labute approximate surface area is 108 Å². The van der Waals surface area contributed by atoms with E-state index in [1.165, 1.54) is 18.5 Å². The Bertz CT molecular complexity index is 363. The van der Waals surface area contributed by atoms with Crippen LogP contribution in [0.25, 0.3) is 0 Å². The number of likely N-dealkylation sites (tertiary alicyclic amines) is 1. The van der Waals surface area contributed by atoms with Crippen LogP contribution < -0.4 is 0 Å². The number of nitrogens with zero attached hydrogens (tertiary/aromatic N) is 2. The standard InChI is InChI=1S/C14H22N2O2/c1-15(2)8-13-5-12-7-16(9-14(12)18-13)6-11-3-4-17-10-11/h3-4,10,12-14H,5-9H2,1-2H3/t12-,13-,14+/m0/s1. The molecule has 3 heterocycles. The molecule has 3 atom stereocenters. The summed E-state index contributed by atoms with van der Waals surface area (Å²) in [6.45, 7) is 4.28. The highest BCUT2D eigenvalue weighted by Crippen LogP contribution is 2.33. The molecule has 0 unspecified atom stereocenters. The number of ether oxygens (including phenoxy) is 1. The Kier molecular flexibility index (Phi) is 3.41. The van der Waals surface area contributed by atoms with Gasteiger partial charge in [0.15, 0.2) is 0 Å². The van der Waals surface area contributed by atoms with Gasteiger partial charge in [0.2, 0.25) is 0 Å². The summed E-state index contributed by atoms with van der Waals surface area (Å²) in [4.78, 5) is 4.70. The zero-order valence-corrected chi connectivity index (χ0v) is 11.2. The van der Waals surface area contributed by atoms with Crippen LogP contribution in [-0.2, 0) is 11.3 Å². The van der Waals surface area contributed by atoms with Crippen LogP contribution in [0.5, 0.6) is 0 Å². The van der Waals surface area contributed by atoms with Crippen molar-refractivity contribution in [3.63, 3.8) is 0 Å². The third kappa shape index (κ3) is 2.60. The van der Waals surface area contributed by atoms with E-state index in [1.54, 1.807) is 6.26 Å². The molecule has 1 aromatic rings. The van der Waals surface area contributed by atoms with Gasteiger partial charge in [-0.1, -0.05) is 0 Å². The third-order valence-corrected chi connectivity index (χ3v) is 3.94. The van der Waals surface area contributed by atoms with Crippen molar-refractivity contribution in [1.82, 2.24) is 9.80 Å². The molecule has 2 aliphatic heterocycles. The monoisotopic (exact) mass is 250 g/mol. The summed E-state index contributed by atoms with van der Waals surface area (Å²) in [6.07, 6.45) is 5.68. The van der Waals surface area contributed by atoms with Gasteiger partial charge in [0.05, 0.1) is 24.7 Å². The topological polar surface area (TPSA) is 28.9 Å². The van der Waals surface area contributed by atoms with E-state index in [0.29, 0.717) is 12.2 Å². The van der Waals surface area contributed by atoms with E-state index in [1.807, 2.05) is 12.3 Å². The fourth-order valence-corrected chi connectivity index (χ4v) is 3.24. The van der Waals surface area contributed by atoms with Gasteiger partial charge in [-0.3, -0.25) is 4.90 Å². The Morgan fingerprint density at radius 3 is 2.94 bits per heavy atom. The molecule has 0 spiro atoms. The van der Waals surface area contributed by atoms with Gasteiger partial charge in [0.1, 0.15) is 0 Å². The SMILES string of the molecule is CN(C)C[C@@H]1C[C@H]2CN(Cc3ccoc3)C[C@H]2O1. The third-order valence-electron chi connectivity index (χ3n) is 3.94. The highest BCUT2D eigenvalue weighted by atomic mass is 16.5. The predicted octanol–water partition coefficient (Wildman–Crippen LogP) is 1.43. The average molecular weight is 250 g/mol. The molecule has 0 aromatic carbocycles. The van der Waals surface area contributed by atoms with Crippen LogP contribution in [0, 0.1) is 5.92 Å². The van der Waals surface area contributed by atoms with Gasteiger partial charge < -0.3 is 14.1 Å². The van der Waals surface area contributed by atoms with Crippen molar-refractivity contribution in [3.8, 4) is 0 Å². The molecule has 0 aliphatic carbocycles. The van der Waals surface area contributed by atoms with E-state index in [2.05, 4.69) is 23.9 Å². The molecule has 0 saturated carbocycles. The first kappa shape index (κ1) is 12.2. The van der Waals surface area contributed by atoms with Crippen molar-refractivity contribution in [3.05, 3.63) is 24.2 Å². The van der Waals surface area contributed by atoms with Gasteiger partial charge in [0.25, 0.3) is 0 Å². The van der Waals surface area contributed by atoms with E-state index in [-0.39, 0.29) is 0 Å². The van der Waals surface area contributed by atoms with Crippen LogP contribution in [0.2, 0.25) is 0 Å². The lowest BCUT2D eigenvalue weighted by Crippen LogP contribution is -2.29. The maximum atomic E-state index is 6.14. The quantitative estimate of drug-likeness (QED) is 0.808. The lowest BCUT2D eigenvalue weighted by Gasteiger charge is -2.20. The van der Waals surface area contributed by atoms with Gasteiger partial charge in [-0.2, -0.15) is 0 Å². The first-order chi connectivity index (χ1) is 8.70. The number of likely N-dealkylation sites (N-methyl/N-ethyl adjacent to an activating group) is 1. The van der Waals surface area contributed by atoms with Crippen LogP contribution in [0.1, 0.15) is 12.0 Å². The smallest absolute Gasteiger partial charge is 0.0947 e. The Morgan fingerprint density at radius 2 is 2.28 bits per heavy atom. The van der Waals surface area contributed by atoms with E-state index in [0.717, 1.165) is 25.6 Å². The zero-order valence-electron chi connectivity index (χ0n) is 11.2. The lowest BCUT2D eigenvalue weighted by molar-refractivity contribution is 0.0249. The Morgan fingerprint density at radius 1 is 1.39 bits per heavy atom. The molecule has 4 nitrogen and oxygen atoms in total. The summed E-state index contributed by atoms with van der Waals surface area (Å²) in [5.74, 6) is 0.724. The minimum Gasteiger partial charge on any atom is -0.472 e. The molecule has 4 heteroatoms. The van der Waals surface area contributed by atoms with E-state index >= 15 is 0 Å². The van der Waals surface area contributed by atoms with Crippen LogP contribution in [0.4, 0.5) is 0 Å². The van der Waals surface area contributed by atoms with E-state index in [4.69, 9.17) is 9.15 Å². The second kappa shape index (κ2) is 5.03. The second-order valence-electron chi connectivity index (χ2n) is 5.88. The van der Waals surface area contributed by atoms with Crippen molar-refractivity contribution in [2.75, 3.05) is 33.7 Å². The van der Waals surface area contributed by atoms with Gasteiger partial charge in [-0.05, 0) is 26.6 Å². The number of furan rings is 1. The maximum absolute atomic E-state index is 6.14. The normalized spacial score (nSPS) is 32.3. The van der Waals surface area contributed by atoms with Crippen molar-refractivity contribution in [1.29, 1.82) is 0 Å². The van der Waals surface area contributed by atoms with Gasteiger partial charge in [0, 0.05) is 37.7 Å². The molecule has 0 amide bonds. The highest BCUT2D eigenvalue weighted by molar-refractivity contribution is 5.06. The lowest BCUT2D eigenvalue weighted by atomic mass is 10.0. The summed E-state index contributed by atoms with van der Waals surface area (Å²) in [5, 5.41) is 0. The van der Waals surface area contributed by atoms with Crippen LogP contribution in [0.15, 0.2) is 23.0 Å². The van der Waals surface area contributed by atoms with Crippen LogP contribution in [-0.4, -0.2) is 55.7 Å². The number of rotatable bonds is 4. The molecule has 0 radical (unpaired) electrons. The minimum atomic E-state index is 0.436. The molecular formula is C14H22N2O2. The molecule has 2 fully saturated rings. The van der Waals surface area contributed by atoms with Crippen molar-refractivity contribution in [2.45, 2.75) is 25.2 Å². The summed E-state index contributed by atoms with van der Waals surface area (Å²) in [7, 11) is 4.23. The molecule has 2 saturated heterocycles. The van der Waals surface area contributed by atoms with Crippen LogP contribution >= 0.6 is 0 Å². The molecule has 18 heavy (non-hydrogen) atoms. The zero-order chi connectivity index (χ0) is 12.5. The first-order valence-corrected chi connectivity index (χ1v) is 6.74. The number of hydrogen-bond acceptors (Lipinski definition) is 4. The molecule has 2 aliphatic rings. The van der Waals surface area contributed by atoms with E-state index in [9.17, 15) is 0 Å². The van der Waals surface area contributed by atoms with Gasteiger partial charge in [-0.25, -0.2) is 0 Å². The maximum Gasteiger partial charge on any atom is 0.0947 e. The molecule has 100 valence electrons. The fourth-order valence-electron chi connectivity index (χ4n) is 3.24. The second-order valence-corrected chi connectivity index (χ2v) is 5.88. The summed E-state index contributed by atoms with van der Waals surface area (Å²) >= 11 is 0. The molecule has 1 aromatic heterocycles. The summed E-state index contributed by atoms with van der Waals surface area (Å²) in [6, 6.07) is 2.05. The van der Waals surface area contributed by atoms with Crippen molar-refractivity contribution >= 4 is 0 Å². The van der Waals surface area contributed by atoms with Crippen molar-refractivity contribution < 1.29 is 9.15 Å². The Hall–Kier alpha value is -0.840. The van der Waals surface area contributed by atoms with Crippen LogP contribution in [0.3, 0.4) is 0 Å². The van der Waals surface area contributed by atoms with Gasteiger partial charge >= 0.3 is 0 Å². The number of hydrogen-bond donors (Lipinski definition) is 0. The Balaban J connectivity index is 1.50. The number of fused-ring (bicyclic) bond motifs is 1. The average Bonchev–Trinajstić information content (AvgIpc) is 2.93. The van der Waals surface area contributed by atoms with E-state index < -0.39 is 0 Å². The fraction of sp³-hybridized carbons (Fsp3) is 0.714. The molecular weight excluding hydrogens is 228 g/mol. The minimum absolute atomic E-state index is 0.436. The summed E-state index contributed by atoms with van der Waals surface area (Å²) in [5.41, 5.74) is 1.26. The largest absolute Gasteiger partial charge is 0.472 e. The molecule has 0 N–H and O–H groups in total. The predicted molar refractivity (Wildman–Crippen MR) is 69.3 cm³/mol. The van der Waals surface area contributed by atoms with Crippen molar-refractivity contribution in [2.24, 2.45) is 5.92 Å². The first-order valence-electron chi connectivity index (χ1n) is 6.74.